The zero-order chi connectivity index (χ0) is 12.9. The largest absolute Gasteiger partial charge is 0.411 e. The van der Waals surface area contributed by atoms with Crippen LogP contribution in [0.15, 0.2) is 0 Å². The standard InChI is InChI=1S/C10H17F3N2O2/c11-10(12,13)6-17-5-9(16)15-8-3-1-2-7(8)4-14/h7-8H,1-6,14H2,(H,15,16). The number of ether oxygens (including phenoxy) is 1. The smallest absolute Gasteiger partial charge is 0.362 e. The Morgan fingerprint density at radius 1 is 1.41 bits per heavy atom. The summed E-state index contributed by atoms with van der Waals surface area (Å²) in [6.45, 7) is -1.48. The Balaban J connectivity index is 2.21. The fraction of sp³-hybridized carbons (Fsp3) is 0.900. The van der Waals surface area contributed by atoms with Gasteiger partial charge < -0.3 is 15.8 Å². The Kier molecular flexibility index (Phi) is 5.20. The van der Waals surface area contributed by atoms with Gasteiger partial charge in [0.15, 0.2) is 0 Å². The van der Waals surface area contributed by atoms with Crippen molar-refractivity contribution in [3.63, 3.8) is 0 Å². The number of hydrogen-bond acceptors (Lipinski definition) is 3. The SMILES string of the molecule is NCC1CCCC1NC(=O)COCC(F)(F)F. The van der Waals surface area contributed by atoms with Crippen molar-refractivity contribution in [2.75, 3.05) is 19.8 Å². The molecule has 0 aliphatic heterocycles. The zero-order valence-corrected chi connectivity index (χ0v) is 9.43. The van der Waals surface area contributed by atoms with Crippen molar-refractivity contribution in [2.45, 2.75) is 31.5 Å². The van der Waals surface area contributed by atoms with Crippen molar-refractivity contribution in [1.82, 2.24) is 5.32 Å². The molecule has 3 N–H and O–H groups in total. The summed E-state index contributed by atoms with van der Waals surface area (Å²) in [6, 6.07) is -0.0259. The van der Waals surface area contributed by atoms with Gasteiger partial charge in [0, 0.05) is 6.04 Å². The molecule has 0 radical (unpaired) electrons. The maximum absolute atomic E-state index is 11.8. The number of carbonyl (C=O) groups is 1. The van der Waals surface area contributed by atoms with E-state index in [-0.39, 0.29) is 12.0 Å². The molecule has 7 heteroatoms. The second-order valence-electron chi connectivity index (χ2n) is 4.21. The normalized spacial score (nSPS) is 24.9. The van der Waals surface area contributed by atoms with E-state index in [1.165, 1.54) is 0 Å². The van der Waals surface area contributed by atoms with Gasteiger partial charge >= 0.3 is 6.18 Å². The summed E-state index contributed by atoms with van der Waals surface area (Å²) < 4.78 is 39.5. The Morgan fingerprint density at radius 2 is 2.12 bits per heavy atom. The molecule has 2 atom stereocenters. The summed E-state index contributed by atoms with van der Waals surface area (Å²) in [5, 5.41) is 2.65. The van der Waals surface area contributed by atoms with Crippen LogP contribution in [0.3, 0.4) is 0 Å². The summed E-state index contributed by atoms with van der Waals surface area (Å²) >= 11 is 0. The minimum absolute atomic E-state index is 0.0259. The molecule has 0 saturated heterocycles. The molecule has 0 aromatic rings. The Bertz CT molecular complexity index is 258. The highest BCUT2D eigenvalue weighted by Gasteiger charge is 2.29. The van der Waals surface area contributed by atoms with Gasteiger partial charge in [0.2, 0.25) is 5.91 Å². The first-order chi connectivity index (χ1) is 7.92. The van der Waals surface area contributed by atoms with Gasteiger partial charge in [0.05, 0.1) is 0 Å². The molecule has 1 rings (SSSR count). The van der Waals surface area contributed by atoms with Gasteiger partial charge in [-0.1, -0.05) is 6.42 Å². The number of carbonyl (C=O) groups excluding carboxylic acids is 1. The maximum Gasteiger partial charge on any atom is 0.411 e. The predicted molar refractivity (Wildman–Crippen MR) is 55.2 cm³/mol. The molecule has 1 aliphatic carbocycles. The van der Waals surface area contributed by atoms with Crippen LogP contribution in [0.4, 0.5) is 13.2 Å². The predicted octanol–water partition coefficient (Wildman–Crippen LogP) is 0.809. The third-order valence-corrected chi connectivity index (χ3v) is 2.81. The molecular formula is C10H17F3N2O2. The van der Waals surface area contributed by atoms with Crippen molar-refractivity contribution < 1.29 is 22.7 Å². The Morgan fingerprint density at radius 3 is 2.71 bits per heavy atom. The van der Waals surface area contributed by atoms with Crippen LogP contribution in [0.1, 0.15) is 19.3 Å². The molecule has 0 aromatic carbocycles. The second-order valence-corrected chi connectivity index (χ2v) is 4.21. The zero-order valence-electron chi connectivity index (χ0n) is 9.43. The van der Waals surface area contributed by atoms with Crippen LogP contribution in [-0.2, 0) is 9.53 Å². The van der Waals surface area contributed by atoms with E-state index in [0.29, 0.717) is 6.54 Å². The molecule has 100 valence electrons. The first-order valence-electron chi connectivity index (χ1n) is 5.56. The number of rotatable bonds is 5. The van der Waals surface area contributed by atoms with Crippen LogP contribution in [0, 0.1) is 5.92 Å². The molecule has 1 saturated carbocycles. The first kappa shape index (κ1) is 14.2. The molecule has 0 bridgehead atoms. The van der Waals surface area contributed by atoms with Gasteiger partial charge in [-0.2, -0.15) is 13.2 Å². The molecular weight excluding hydrogens is 237 g/mol. The van der Waals surface area contributed by atoms with Crippen LogP contribution in [0.2, 0.25) is 0 Å². The third kappa shape index (κ3) is 5.36. The molecule has 1 fully saturated rings. The number of nitrogens with two attached hydrogens (primary N) is 1. The van der Waals surface area contributed by atoms with E-state index in [0.717, 1.165) is 19.3 Å². The monoisotopic (exact) mass is 254 g/mol. The average molecular weight is 254 g/mol. The van der Waals surface area contributed by atoms with Crippen molar-refractivity contribution >= 4 is 5.91 Å². The summed E-state index contributed by atoms with van der Waals surface area (Å²) in [4.78, 5) is 11.3. The number of amides is 1. The molecule has 17 heavy (non-hydrogen) atoms. The van der Waals surface area contributed by atoms with Crippen LogP contribution < -0.4 is 11.1 Å². The van der Waals surface area contributed by atoms with Crippen molar-refractivity contribution in [3.05, 3.63) is 0 Å². The summed E-state index contributed by atoms with van der Waals surface area (Å²) in [5.41, 5.74) is 5.53. The molecule has 1 amide bonds. The lowest BCUT2D eigenvalue weighted by atomic mass is 10.0. The van der Waals surface area contributed by atoms with E-state index in [4.69, 9.17) is 5.73 Å². The van der Waals surface area contributed by atoms with Crippen LogP contribution in [-0.4, -0.2) is 37.9 Å². The minimum Gasteiger partial charge on any atom is -0.362 e. The minimum atomic E-state index is -4.40. The fourth-order valence-electron chi connectivity index (χ4n) is 2.02. The number of alkyl halides is 3. The molecule has 0 spiro atoms. The summed E-state index contributed by atoms with van der Waals surface area (Å²) in [5.74, 6) is -0.291. The number of hydrogen-bond donors (Lipinski definition) is 2. The lowest BCUT2D eigenvalue weighted by Crippen LogP contribution is -2.41. The van der Waals surface area contributed by atoms with Gasteiger partial charge in [0.1, 0.15) is 13.2 Å². The molecule has 1 aliphatic rings. The van der Waals surface area contributed by atoms with E-state index in [1.807, 2.05) is 0 Å². The number of halogens is 3. The van der Waals surface area contributed by atoms with Gasteiger partial charge in [-0.15, -0.1) is 0 Å². The Hall–Kier alpha value is -0.820. The highest BCUT2D eigenvalue weighted by atomic mass is 19.4. The van der Waals surface area contributed by atoms with E-state index < -0.39 is 25.3 Å². The fourth-order valence-corrected chi connectivity index (χ4v) is 2.02. The second kappa shape index (κ2) is 6.20. The van der Waals surface area contributed by atoms with Gasteiger partial charge in [-0.3, -0.25) is 4.79 Å². The topological polar surface area (TPSA) is 64.3 Å². The van der Waals surface area contributed by atoms with E-state index >= 15 is 0 Å². The molecule has 0 aromatic heterocycles. The molecule has 4 nitrogen and oxygen atoms in total. The molecule has 0 heterocycles. The third-order valence-electron chi connectivity index (χ3n) is 2.81. The highest BCUT2D eigenvalue weighted by Crippen LogP contribution is 2.24. The first-order valence-corrected chi connectivity index (χ1v) is 5.56. The van der Waals surface area contributed by atoms with Crippen molar-refractivity contribution in [1.29, 1.82) is 0 Å². The summed E-state index contributed by atoms with van der Waals surface area (Å²) in [7, 11) is 0. The van der Waals surface area contributed by atoms with Crippen molar-refractivity contribution in [3.8, 4) is 0 Å². The van der Waals surface area contributed by atoms with Gasteiger partial charge in [0.25, 0.3) is 0 Å². The van der Waals surface area contributed by atoms with E-state index in [9.17, 15) is 18.0 Å². The lowest BCUT2D eigenvalue weighted by Gasteiger charge is -2.19. The Labute approximate surface area is 97.7 Å². The average Bonchev–Trinajstić information content (AvgIpc) is 2.63. The van der Waals surface area contributed by atoms with Crippen molar-refractivity contribution in [2.24, 2.45) is 11.7 Å². The van der Waals surface area contributed by atoms with Gasteiger partial charge in [-0.25, -0.2) is 0 Å². The van der Waals surface area contributed by atoms with Crippen LogP contribution in [0.5, 0.6) is 0 Å². The van der Waals surface area contributed by atoms with Crippen LogP contribution >= 0.6 is 0 Å². The van der Waals surface area contributed by atoms with Gasteiger partial charge in [-0.05, 0) is 25.3 Å². The highest BCUT2D eigenvalue weighted by molar-refractivity contribution is 5.77. The van der Waals surface area contributed by atoms with Crippen LogP contribution in [0.25, 0.3) is 0 Å². The quantitative estimate of drug-likeness (QED) is 0.763. The van der Waals surface area contributed by atoms with E-state index in [2.05, 4.69) is 10.1 Å². The lowest BCUT2D eigenvalue weighted by molar-refractivity contribution is -0.175. The molecule has 2 unspecified atom stereocenters. The number of nitrogens with one attached hydrogen (secondary N) is 1. The maximum atomic E-state index is 11.8. The van der Waals surface area contributed by atoms with E-state index in [1.54, 1.807) is 0 Å². The summed E-state index contributed by atoms with van der Waals surface area (Å²) in [6.07, 6.45) is -1.64.